The van der Waals surface area contributed by atoms with Crippen molar-refractivity contribution >= 4 is 34.0 Å². The predicted molar refractivity (Wildman–Crippen MR) is 108 cm³/mol. The van der Waals surface area contributed by atoms with E-state index in [-0.39, 0.29) is 0 Å². The fourth-order valence-corrected chi connectivity index (χ4v) is 3.61. The van der Waals surface area contributed by atoms with Crippen LogP contribution in [0.5, 0.6) is 0 Å². The van der Waals surface area contributed by atoms with Crippen LogP contribution in [0.15, 0.2) is 48.8 Å². The molecule has 0 aliphatic heterocycles. The quantitative estimate of drug-likeness (QED) is 0.483. The molecule has 0 bridgehead atoms. The largest absolute Gasteiger partial charge is 0.356 e. The van der Waals surface area contributed by atoms with Gasteiger partial charge < -0.3 is 9.47 Å². The van der Waals surface area contributed by atoms with Crippen LogP contribution in [0.4, 0.5) is 5.82 Å². The standard InChI is InChI=1S/C20H22ClN5/c1-3-10-24(11-4-2)20-14-19(23-18-7-9-22-26(18)20)25-12-8-15-13-16(21)5-6-17(15)25/h5-9,12-14H,3-4,10-11H2,1-2H3. The molecule has 3 aromatic heterocycles. The molecule has 6 heteroatoms. The van der Waals surface area contributed by atoms with Crippen LogP contribution in [0.1, 0.15) is 26.7 Å². The van der Waals surface area contributed by atoms with Crippen LogP contribution >= 0.6 is 11.6 Å². The first kappa shape index (κ1) is 16.9. The Morgan fingerprint density at radius 1 is 1.04 bits per heavy atom. The Balaban J connectivity index is 1.90. The van der Waals surface area contributed by atoms with E-state index in [1.54, 1.807) is 6.20 Å². The highest BCUT2D eigenvalue weighted by Crippen LogP contribution is 2.26. The first-order valence-electron chi connectivity index (χ1n) is 9.08. The number of anilines is 1. The summed E-state index contributed by atoms with van der Waals surface area (Å²) in [7, 11) is 0. The van der Waals surface area contributed by atoms with Crippen molar-refractivity contribution in [3.8, 4) is 5.82 Å². The van der Waals surface area contributed by atoms with Gasteiger partial charge in [-0.1, -0.05) is 25.4 Å². The van der Waals surface area contributed by atoms with Gasteiger partial charge in [-0.05, 0) is 37.1 Å². The highest BCUT2D eigenvalue weighted by molar-refractivity contribution is 6.31. The fraction of sp³-hybridized carbons (Fsp3) is 0.300. The molecule has 5 nitrogen and oxygen atoms in total. The van der Waals surface area contributed by atoms with E-state index >= 15 is 0 Å². The number of halogens is 1. The maximum Gasteiger partial charge on any atom is 0.159 e. The third-order valence-electron chi connectivity index (χ3n) is 4.54. The van der Waals surface area contributed by atoms with Crippen LogP contribution in [-0.4, -0.2) is 32.3 Å². The zero-order valence-corrected chi connectivity index (χ0v) is 15.8. The summed E-state index contributed by atoms with van der Waals surface area (Å²) < 4.78 is 4.04. The van der Waals surface area contributed by atoms with Gasteiger partial charge in [0.25, 0.3) is 0 Å². The van der Waals surface area contributed by atoms with Gasteiger partial charge in [-0.15, -0.1) is 0 Å². The lowest BCUT2D eigenvalue weighted by molar-refractivity contribution is 0.714. The van der Waals surface area contributed by atoms with Crippen molar-refractivity contribution in [2.45, 2.75) is 26.7 Å². The van der Waals surface area contributed by atoms with Crippen molar-refractivity contribution in [2.75, 3.05) is 18.0 Å². The van der Waals surface area contributed by atoms with Gasteiger partial charge in [-0.25, -0.2) is 4.98 Å². The Bertz CT molecular complexity index is 1040. The summed E-state index contributed by atoms with van der Waals surface area (Å²) in [5.41, 5.74) is 1.94. The molecule has 0 unspecified atom stereocenters. The zero-order valence-electron chi connectivity index (χ0n) is 15.1. The van der Waals surface area contributed by atoms with Gasteiger partial charge >= 0.3 is 0 Å². The van der Waals surface area contributed by atoms with Gasteiger partial charge in [0, 0.05) is 41.8 Å². The minimum absolute atomic E-state index is 0.743. The second-order valence-corrected chi connectivity index (χ2v) is 6.89. The van der Waals surface area contributed by atoms with E-state index in [2.05, 4.69) is 40.5 Å². The van der Waals surface area contributed by atoms with Crippen molar-refractivity contribution in [1.29, 1.82) is 0 Å². The van der Waals surface area contributed by atoms with Crippen molar-refractivity contribution in [2.24, 2.45) is 0 Å². The number of fused-ring (bicyclic) bond motifs is 2. The highest BCUT2D eigenvalue weighted by atomic mass is 35.5. The summed E-state index contributed by atoms with van der Waals surface area (Å²) in [6, 6.07) is 12.1. The molecule has 0 saturated heterocycles. The van der Waals surface area contributed by atoms with Gasteiger partial charge in [0.2, 0.25) is 0 Å². The summed E-state index contributed by atoms with van der Waals surface area (Å²) >= 11 is 6.13. The molecule has 0 amide bonds. The van der Waals surface area contributed by atoms with Gasteiger partial charge in [0.15, 0.2) is 5.65 Å². The molecule has 1 aromatic carbocycles. The lowest BCUT2D eigenvalue weighted by atomic mass is 10.2. The lowest BCUT2D eigenvalue weighted by Crippen LogP contribution is -2.27. The number of hydrogen-bond acceptors (Lipinski definition) is 3. The molecular formula is C20H22ClN5. The second kappa shape index (κ2) is 7.00. The first-order valence-corrected chi connectivity index (χ1v) is 9.45. The number of rotatable bonds is 6. The number of aromatic nitrogens is 4. The summed E-state index contributed by atoms with van der Waals surface area (Å²) in [6.07, 6.45) is 6.03. The van der Waals surface area contributed by atoms with Crippen LogP contribution in [-0.2, 0) is 0 Å². The second-order valence-electron chi connectivity index (χ2n) is 6.45. The predicted octanol–water partition coefficient (Wildman–Crippen LogP) is 4.95. The number of nitrogens with zero attached hydrogens (tertiary/aromatic N) is 5. The van der Waals surface area contributed by atoms with Crippen LogP contribution in [0, 0.1) is 0 Å². The maximum absolute atomic E-state index is 6.13. The highest BCUT2D eigenvalue weighted by Gasteiger charge is 2.14. The average molecular weight is 368 g/mol. The Morgan fingerprint density at radius 3 is 2.62 bits per heavy atom. The molecular weight excluding hydrogens is 346 g/mol. The van der Waals surface area contributed by atoms with Crippen LogP contribution in [0.3, 0.4) is 0 Å². The summed E-state index contributed by atoms with van der Waals surface area (Å²) in [5, 5.41) is 6.33. The smallest absolute Gasteiger partial charge is 0.159 e. The maximum atomic E-state index is 6.13. The monoisotopic (exact) mass is 367 g/mol. The Labute approximate surface area is 157 Å². The van der Waals surface area contributed by atoms with E-state index in [1.807, 2.05) is 35.0 Å². The summed E-state index contributed by atoms with van der Waals surface area (Å²) in [6.45, 7) is 6.39. The molecule has 4 aromatic rings. The fourth-order valence-electron chi connectivity index (χ4n) is 3.43. The molecule has 0 atom stereocenters. The number of hydrogen-bond donors (Lipinski definition) is 0. The molecule has 0 N–H and O–H groups in total. The molecule has 0 saturated carbocycles. The third-order valence-corrected chi connectivity index (χ3v) is 4.77. The van der Waals surface area contributed by atoms with Gasteiger partial charge in [-0.3, -0.25) is 0 Å². The third kappa shape index (κ3) is 2.92. The minimum atomic E-state index is 0.743. The first-order chi connectivity index (χ1) is 12.7. The van der Waals surface area contributed by atoms with E-state index in [9.17, 15) is 0 Å². The van der Waals surface area contributed by atoms with E-state index < -0.39 is 0 Å². The molecule has 0 radical (unpaired) electrons. The van der Waals surface area contributed by atoms with Crippen LogP contribution in [0.25, 0.3) is 22.4 Å². The van der Waals surface area contributed by atoms with Crippen molar-refractivity contribution in [3.05, 3.63) is 53.8 Å². The molecule has 0 aliphatic carbocycles. The molecule has 3 heterocycles. The number of benzene rings is 1. The van der Waals surface area contributed by atoms with Gasteiger partial charge in [0.05, 0.1) is 11.7 Å². The minimum Gasteiger partial charge on any atom is -0.356 e. The average Bonchev–Trinajstić information content (AvgIpc) is 3.26. The van der Waals surface area contributed by atoms with E-state index in [0.29, 0.717) is 0 Å². The molecule has 0 spiro atoms. The lowest BCUT2D eigenvalue weighted by Gasteiger charge is -2.24. The molecule has 0 aliphatic rings. The van der Waals surface area contributed by atoms with E-state index in [1.165, 1.54) is 0 Å². The zero-order chi connectivity index (χ0) is 18.1. The topological polar surface area (TPSA) is 38.4 Å². The SMILES string of the molecule is CCCN(CCC)c1cc(-n2ccc3cc(Cl)ccc32)nc2ccnn12. The van der Waals surface area contributed by atoms with Crippen molar-refractivity contribution in [3.63, 3.8) is 0 Å². The Hall–Kier alpha value is -2.53. The molecule has 0 fully saturated rings. The Morgan fingerprint density at radius 2 is 1.85 bits per heavy atom. The molecule has 134 valence electrons. The van der Waals surface area contributed by atoms with Crippen LogP contribution < -0.4 is 4.90 Å². The Kier molecular flexibility index (Phi) is 4.55. The van der Waals surface area contributed by atoms with Crippen LogP contribution in [0.2, 0.25) is 5.02 Å². The summed E-state index contributed by atoms with van der Waals surface area (Å²) in [4.78, 5) is 7.20. The van der Waals surface area contributed by atoms with E-state index in [0.717, 1.165) is 59.1 Å². The molecule has 26 heavy (non-hydrogen) atoms. The molecule has 4 rings (SSSR count). The normalized spacial score (nSPS) is 11.5. The van der Waals surface area contributed by atoms with Gasteiger partial charge in [0.1, 0.15) is 11.6 Å². The van der Waals surface area contributed by atoms with Crippen molar-refractivity contribution < 1.29 is 0 Å². The van der Waals surface area contributed by atoms with Gasteiger partial charge in [-0.2, -0.15) is 9.61 Å². The summed E-state index contributed by atoms with van der Waals surface area (Å²) in [5.74, 6) is 1.97. The van der Waals surface area contributed by atoms with Crippen molar-refractivity contribution in [1.82, 2.24) is 19.2 Å². The van der Waals surface area contributed by atoms with E-state index in [4.69, 9.17) is 16.6 Å².